The van der Waals surface area contributed by atoms with Gasteiger partial charge in [0.25, 0.3) is 10.0 Å². The SMILES string of the molecule is CCCCCCN1CCCC2CN(S(=O)(=O)c3cn(C)cn3)CC21. The van der Waals surface area contributed by atoms with Crippen molar-refractivity contribution < 1.29 is 8.42 Å². The maximum absolute atomic E-state index is 12.8. The van der Waals surface area contributed by atoms with Crippen LogP contribution in [0.25, 0.3) is 0 Å². The quantitative estimate of drug-likeness (QED) is 0.704. The number of hydrogen-bond donors (Lipinski definition) is 0. The molecule has 1 aromatic rings. The second kappa shape index (κ2) is 7.54. The third kappa shape index (κ3) is 3.68. The smallest absolute Gasteiger partial charge is 0.262 e. The van der Waals surface area contributed by atoms with Crippen molar-refractivity contribution in [1.82, 2.24) is 18.8 Å². The van der Waals surface area contributed by atoms with Crippen molar-refractivity contribution >= 4 is 10.0 Å². The molecule has 0 aliphatic carbocycles. The van der Waals surface area contributed by atoms with Crippen molar-refractivity contribution in [1.29, 1.82) is 0 Å². The van der Waals surface area contributed by atoms with Gasteiger partial charge < -0.3 is 4.57 Å². The number of rotatable bonds is 7. The third-order valence-electron chi connectivity index (χ3n) is 5.45. The molecule has 6 nitrogen and oxygen atoms in total. The normalized spacial score (nSPS) is 25.9. The number of piperidine rings is 1. The summed E-state index contributed by atoms with van der Waals surface area (Å²) in [5.74, 6) is 0.475. The van der Waals surface area contributed by atoms with E-state index < -0.39 is 10.0 Å². The predicted octanol–water partition coefficient (Wildman–Crippen LogP) is 2.09. The molecule has 0 aromatic carbocycles. The van der Waals surface area contributed by atoms with Crippen molar-refractivity contribution in [3.63, 3.8) is 0 Å². The number of sulfonamides is 1. The van der Waals surface area contributed by atoms with Crippen molar-refractivity contribution in [3.05, 3.63) is 12.5 Å². The highest BCUT2D eigenvalue weighted by atomic mass is 32.2. The largest absolute Gasteiger partial charge is 0.339 e. The number of imidazole rings is 1. The minimum absolute atomic E-state index is 0.179. The fourth-order valence-corrected chi connectivity index (χ4v) is 5.59. The molecule has 3 rings (SSSR count). The summed E-state index contributed by atoms with van der Waals surface area (Å²) in [6.07, 6.45) is 10.5. The third-order valence-corrected chi connectivity index (χ3v) is 7.16. The van der Waals surface area contributed by atoms with Crippen LogP contribution in [-0.4, -0.2) is 59.4 Å². The van der Waals surface area contributed by atoms with E-state index in [2.05, 4.69) is 16.8 Å². The lowest BCUT2D eigenvalue weighted by molar-refractivity contribution is 0.122. The summed E-state index contributed by atoms with van der Waals surface area (Å²) >= 11 is 0. The van der Waals surface area contributed by atoms with E-state index in [1.807, 2.05) is 0 Å². The van der Waals surface area contributed by atoms with Gasteiger partial charge in [-0.3, -0.25) is 4.90 Å². The van der Waals surface area contributed by atoms with Crippen LogP contribution < -0.4 is 0 Å². The molecule has 0 radical (unpaired) electrons. The highest BCUT2D eigenvalue weighted by molar-refractivity contribution is 7.89. The molecule has 0 saturated carbocycles. The summed E-state index contributed by atoms with van der Waals surface area (Å²) < 4.78 is 29.0. The highest BCUT2D eigenvalue weighted by Gasteiger charge is 2.43. The lowest BCUT2D eigenvalue weighted by Crippen LogP contribution is -2.45. The average molecular weight is 355 g/mol. The Hall–Kier alpha value is -0.920. The monoisotopic (exact) mass is 354 g/mol. The van der Waals surface area contributed by atoms with Crippen LogP contribution >= 0.6 is 0 Å². The Kier molecular flexibility index (Phi) is 5.62. The molecule has 24 heavy (non-hydrogen) atoms. The predicted molar refractivity (Wildman–Crippen MR) is 94.2 cm³/mol. The molecule has 2 atom stereocenters. The van der Waals surface area contributed by atoms with Crippen molar-refractivity contribution in [2.45, 2.75) is 56.5 Å². The van der Waals surface area contributed by atoms with Crippen LogP contribution in [0.4, 0.5) is 0 Å². The molecule has 0 bridgehead atoms. The summed E-state index contributed by atoms with van der Waals surface area (Å²) in [6, 6.07) is 0.388. The van der Waals surface area contributed by atoms with E-state index >= 15 is 0 Å². The van der Waals surface area contributed by atoms with E-state index in [1.54, 1.807) is 28.4 Å². The summed E-state index contributed by atoms with van der Waals surface area (Å²) in [7, 11) is -1.65. The van der Waals surface area contributed by atoms with Gasteiger partial charge in [-0.15, -0.1) is 0 Å². The molecule has 136 valence electrons. The van der Waals surface area contributed by atoms with Crippen LogP contribution in [0.1, 0.15) is 45.4 Å². The number of nitrogens with zero attached hydrogens (tertiary/aromatic N) is 4. The minimum Gasteiger partial charge on any atom is -0.339 e. The zero-order valence-corrected chi connectivity index (χ0v) is 15.7. The van der Waals surface area contributed by atoms with E-state index in [0.29, 0.717) is 25.0 Å². The van der Waals surface area contributed by atoms with Gasteiger partial charge in [-0.05, 0) is 38.3 Å². The van der Waals surface area contributed by atoms with Crippen LogP contribution in [-0.2, 0) is 17.1 Å². The zero-order valence-electron chi connectivity index (χ0n) is 14.9. The molecule has 2 unspecified atom stereocenters. The molecular formula is C17H30N4O2S. The van der Waals surface area contributed by atoms with Crippen LogP contribution in [0.2, 0.25) is 0 Å². The van der Waals surface area contributed by atoms with Gasteiger partial charge in [0, 0.05) is 32.4 Å². The van der Waals surface area contributed by atoms with Gasteiger partial charge in [-0.25, -0.2) is 13.4 Å². The van der Waals surface area contributed by atoms with Gasteiger partial charge in [0.05, 0.1) is 6.33 Å². The van der Waals surface area contributed by atoms with E-state index in [9.17, 15) is 8.42 Å². The fraction of sp³-hybridized carbons (Fsp3) is 0.824. The van der Waals surface area contributed by atoms with E-state index in [0.717, 1.165) is 19.5 Å². The van der Waals surface area contributed by atoms with E-state index in [1.165, 1.54) is 32.1 Å². The zero-order chi connectivity index (χ0) is 17.2. The van der Waals surface area contributed by atoms with Gasteiger partial charge >= 0.3 is 0 Å². The maximum atomic E-state index is 12.8. The molecule has 0 spiro atoms. The number of aryl methyl sites for hydroxylation is 1. The van der Waals surface area contributed by atoms with Crippen molar-refractivity contribution in [2.24, 2.45) is 13.0 Å². The standard InChI is InChI=1S/C17H30N4O2S/c1-3-4-5-6-9-20-10-7-8-15-11-21(12-16(15)20)24(22,23)17-13-19(2)14-18-17/h13-16H,3-12H2,1-2H3. The van der Waals surface area contributed by atoms with Crippen LogP contribution in [0.3, 0.4) is 0 Å². The van der Waals surface area contributed by atoms with E-state index in [-0.39, 0.29) is 5.03 Å². The second-order valence-electron chi connectivity index (χ2n) is 7.27. The van der Waals surface area contributed by atoms with E-state index in [4.69, 9.17) is 0 Å². The van der Waals surface area contributed by atoms with Crippen LogP contribution in [0.5, 0.6) is 0 Å². The summed E-state index contributed by atoms with van der Waals surface area (Å²) in [4.78, 5) is 6.60. The van der Waals surface area contributed by atoms with Gasteiger partial charge in [0.2, 0.25) is 0 Å². The lowest BCUT2D eigenvalue weighted by atomic mass is 9.92. The number of aromatic nitrogens is 2. The van der Waals surface area contributed by atoms with Gasteiger partial charge in [-0.1, -0.05) is 26.2 Å². The Morgan fingerprint density at radius 3 is 2.79 bits per heavy atom. The number of hydrogen-bond acceptors (Lipinski definition) is 4. The number of likely N-dealkylation sites (tertiary alicyclic amines) is 1. The van der Waals surface area contributed by atoms with Crippen LogP contribution in [0.15, 0.2) is 17.6 Å². The molecule has 2 saturated heterocycles. The number of fused-ring (bicyclic) bond motifs is 1. The second-order valence-corrected chi connectivity index (χ2v) is 9.15. The first kappa shape index (κ1) is 17.9. The Bertz CT molecular complexity index is 643. The molecule has 2 aliphatic heterocycles. The maximum Gasteiger partial charge on any atom is 0.262 e. The summed E-state index contributed by atoms with van der Waals surface area (Å²) in [5.41, 5.74) is 0. The fourth-order valence-electron chi connectivity index (χ4n) is 4.11. The molecular weight excluding hydrogens is 324 g/mol. The molecule has 2 fully saturated rings. The van der Waals surface area contributed by atoms with Gasteiger partial charge in [0.15, 0.2) is 5.03 Å². The Morgan fingerprint density at radius 2 is 2.08 bits per heavy atom. The van der Waals surface area contributed by atoms with Gasteiger partial charge in [-0.2, -0.15) is 4.31 Å². The lowest BCUT2D eigenvalue weighted by Gasteiger charge is -2.37. The minimum atomic E-state index is -3.45. The number of unbranched alkanes of at least 4 members (excludes halogenated alkanes) is 3. The highest BCUT2D eigenvalue weighted by Crippen LogP contribution is 2.33. The first-order valence-electron chi connectivity index (χ1n) is 9.24. The molecule has 3 heterocycles. The van der Waals surface area contributed by atoms with Crippen molar-refractivity contribution in [2.75, 3.05) is 26.2 Å². The topological polar surface area (TPSA) is 58.4 Å². The van der Waals surface area contributed by atoms with Crippen molar-refractivity contribution in [3.8, 4) is 0 Å². The summed E-state index contributed by atoms with van der Waals surface area (Å²) in [5, 5.41) is 0.179. The Morgan fingerprint density at radius 1 is 1.25 bits per heavy atom. The molecule has 7 heteroatoms. The van der Waals surface area contributed by atoms with Gasteiger partial charge in [0.1, 0.15) is 0 Å². The molecule has 0 N–H and O–H groups in total. The molecule has 0 amide bonds. The van der Waals surface area contributed by atoms with Crippen LogP contribution in [0, 0.1) is 5.92 Å². The molecule has 2 aliphatic rings. The molecule has 1 aromatic heterocycles. The Balaban J connectivity index is 1.65. The Labute approximate surface area is 145 Å². The first-order chi connectivity index (χ1) is 11.5. The first-order valence-corrected chi connectivity index (χ1v) is 10.7. The average Bonchev–Trinajstić information content (AvgIpc) is 3.18. The summed E-state index contributed by atoms with van der Waals surface area (Å²) in [6.45, 7) is 5.73.